The van der Waals surface area contributed by atoms with E-state index in [9.17, 15) is 14.3 Å². The van der Waals surface area contributed by atoms with Gasteiger partial charge in [0.2, 0.25) is 0 Å². The lowest BCUT2D eigenvalue weighted by Crippen LogP contribution is -2.14. The summed E-state index contributed by atoms with van der Waals surface area (Å²) >= 11 is 0. The molecular weight excluding hydrogens is 237 g/mol. The molecule has 1 aromatic heterocycles. The SMILES string of the molecule is Cc1cc(NC(=O)c2c(O)cccc2F)nn1C. The highest BCUT2D eigenvalue weighted by atomic mass is 19.1. The fourth-order valence-electron chi connectivity index (χ4n) is 1.54. The van der Waals surface area contributed by atoms with Crippen molar-refractivity contribution in [2.45, 2.75) is 6.92 Å². The molecule has 18 heavy (non-hydrogen) atoms. The number of aromatic nitrogens is 2. The molecule has 2 N–H and O–H groups in total. The van der Waals surface area contributed by atoms with E-state index in [1.165, 1.54) is 12.1 Å². The molecule has 0 fully saturated rings. The van der Waals surface area contributed by atoms with Gasteiger partial charge in [0.15, 0.2) is 5.82 Å². The molecule has 1 heterocycles. The zero-order valence-electron chi connectivity index (χ0n) is 9.94. The normalized spacial score (nSPS) is 10.4. The molecule has 2 aromatic rings. The Labute approximate surface area is 103 Å². The van der Waals surface area contributed by atoms with Gasteiger partial charge in [0, 0.05) is 18.8 Å². The summed E-state index contributed by atoms with van der Waals surface area (Å²) in [5, 5.41) is 15.9. The van der Waals surface area contributed by atoms with E-state index >= 15 is 0 Å². The van der Waals surface area contributed by atoms with Crippen molar-refractivity contribution in [2.24, 2.45) is 7.05 Å². The Kier molecular flexibility index (Phi) is 3.01. The Bertz CT molecular complexity index is 568. The van der Waals surface area contributed by atoms with Gasteiger partial charge in [-0.15, -0.1) is 0 Å². The number of nitrogens with zero attached hydrogens (tertiary/aromatic N) is 2. The Morgan fingerprint density at radius 3 is 2.78 bits per heavy atom. The number of phenolic OH excluding ortho intramolecular Hbond substituents is 1. The first-order chi connectivity index (χ1) is 8.49. The highest BCUT2D eigenvalue weighted by Gasteiger charge is 2.17. The molecule has 1 amide bonds. The van der Waals surface area contributed by atoms with Crippen molar-refractivity contribution >= 4 is 11.7 Å². The molecule has 0 bridgehead atoms. The summed E-state index contributed by atoms with van der Waals surface area (Å²) in [5.41, 5.74) is 0.462. The van der Waals surface area contributed by atoms with E-state index < -0.39 is 17.5 Å². The number of carbonyl (C=O) groups excluding carboxylic acids is 1. The fourth-order valence-corrected chi connectivity index (χ4v) is 1.54. The summed E-state index contributed by atoms with van der Waals surface area (Å²) < 4.78 is 15.0. The minimum Gasteiger partial charge on any atom is -0.507 e. The first-order valence-electron chi connectivity index (χ1n) is 5.28. The number of phenols is 1. The standard InChI is InChI=1S/C12H12FN3O2/c1-7-6-10(15-16(7)2)14-12(18)11-8(13)4-3-5-9(11)17/h3-6,17H,1-2H3,(H,14,15,18). The quantitative estimate of drug-likeness (QED) is 0.853. The van der Waals surface area contributed by atoms with E-state index in [1.807, 2.05) is 6.92 Å². The van der Waals surface area contributed by atoms with Crippen molar-refractivity contribution in [1.29, 1.82) is 0 Å². The number of rotatable bonds is 2. The average Bonchev–Trinajstić information content (AvgIpc) is 2.57. The Balaban J connectivity index is 2.27. The molecule has 0 saturated carbocycles. The molecule has 0 aliphatic rings. The molecule has 0 atom stereocenters. The van der Waals surface area contributed by atoms with Gasteiger partial charge in [-0.3, -0.25) is 9.48 Å². The van der Waals surface area contributed by atoms with Gasteiger partial charge >= 0.3 is 0 Å². The number of aromatic hydroxyl groups is 1. The summed E-state index contributed by atoms with van der Waals surface area (Å²) in [7, 11) is 1.73. The largest absolute Gasteiger partial charge is 0.507 e. The Morgan fingerprint density at radius 1 is 1.50 bits per heavy atom. The monoisotopic (exact) mass is 249 g/mol. The number of halogens is 1. The molecular formula is C12H12FN3O2. The summed E-state index contributed by atoms with van der Waals surface area (Å²) in [6.45, 7) is 1.82. The van der Waals surface area contributed by atoms with Crippen LogP contribution in [0.25, 0.3) is 0 Å². The lowest BCUT2D eigenvalue weighted by atomic mass is 10.1. The van der Waals surface area contributed by atoms with Gasteiger partial charge in [-0.1, -0.05) is 6.07 Å². The summed E-state index contributed by atoms with van der Waals surface area (Å²) in [4.78, 5) is 11.8. The highest BCUT2D eigenvalue weighted by Crippen LogP contribution is 2.21. The molecule has 2 rings (SSSR count). The van der Waals surface area contributed by atoms with Gasteiger partial charge in [-0.25, -0.2) is 4.39 Å². The molecule has 0 aliphatic carbocycles. The van der Waals surface area contributed by atoms with Crippen LogP contribution in [0.2, 0.25) is 0 Å². The fraction of sp³-hybridized carbons (Fsp3) is 0.167. The van der Waals surface area contributed by atoms with E-state index in [0.29, 0.717) is 5.82 Å². The van der Waals surface area contributed by atoms with Crippen molar-refractivity contribution in [3.8, 4) is 5.75 Å². The predicted molar refractivity (Wildman–Crippen MR) is 64.0 cm³/mol. The second-order valence-corrected chi connectivity index (χ2v) is 3.88. The van der Waals surface area contributed by atoms with Gasteiger partial charge in [-0.05, 0) is 19.1 Å². The van der Waals surface area contributed by atoms with Crippen LogP contribution in [0, 0.1) is 12.7 Å². The summed E-state index contributed by atoms with van der Waals surface area (Å²) in [5.74, 6) is -1.60. The van der Waals surface area contributed by atoms with Crippen LogP contribution < -0.4 is 5.32 Å². The molecule has 0 spiro atoms. The number of hydrogen-bond acceptors (Lipinski definition) is 3. The van der Waals surface area contributed by atoms with Crippen LogP contribution in [0.1, 0.15) is 16.1 Å². The zero-order chi connectivity index (χ0) is 13.3. The first kappa shape index (κ1) is 12.1. The van der Waals surface area contributed by atoms with Gasteiger partial charge < -0.3 is 10.4 Å². The van der Waals surface area contributed by atoms with Crippen LogP contribution in [-0.4, -0.2) is 20.8 Å². The number of hydrogen-bond donors (Lipinski definition) is 2. The number of amides is 1. The van der Waals surface area contributed by atoms with Crippen LogP contribution in [-0.2, 0) is 7.05 Å². The molecule has 0 saturated heterocycles. The molecule has 0 unspecified atom stereocenters. The molecule has 1 aromatic carbocycles. The van der Waals surface area contributed by atoms with Crippen molar-refractivity contribution in [1.82, 2.24) is 9.78 Å². The third-order valence-electron chi connectivity index (χ3n) is 2.57. The van der Waals surface area contributed by atoms with Gasteiger partial charge in [0.1, 0.15) is 17.1 Å². The minimum atomic E-state index is -0.778. The second-order valence-electron chi connectivity index (χ2n) is 3.88. The van der Waals surface area contributed by atoms with E-state index in [4.69, 9.17) is 0 Å². The predicted octanol–water partition coefficient (Wildman–Crippen LogP) is 1.83. The van der Waals surface area contributed by atoms with E-state index in [1.54, 1.807) is 17.8 Å². The maximum absolute atomic E-state index is 13.4. The van der Waals surface area contributed by atoms with Crippen LogP contribution in [0.5, 0.6) is 5.75 Å². The van der Waals surface area contributed by atoms with Crippen LogP contribution >= 0.6 is 0 Å². The minimum absolute atomic E-state index is 0.308. The Hall–Kier alpha value is -2.37. The summed E-state index contributed by atoms with van der Waals surface area (Å²) in [6, 6.07) is 5.34. The molecule has 6 heteroatoms. The Morgan fingerprint density at radius 2 is 2.22 bits per heavy atom. The van der Waals surface area contributed by atoms with Crippen LogP contribution in [0.4, 0.5) is 10.2 Å². The number of aryl methyl sites for hydroxylation is 2. The number of anilines is 1. The van der Waals surface area contributed by atoms with Crippen molar-refractivity contribution in [3.63, 3.8) is 0 Å². The lowest BCUT2D eigenvalue weighted by Gasteiger charge is -2.05. The summed E-state index contributed by atoms with van der Waals surface area (Å²) in [6.07, 6.45) is 0. The van der Waals surface area contributed by atoms with Gasteiger partial charge in [-0.2, -0.15) is 5.10 Å². The van der Waals surface area contributed by atoms with Gasteiger partial charge in [0.25, 0.3) is 5.91 Å². The second kappa shape index (κ2) is 4.48. The highest BCUT2D eigenvalue weighted by molar-refractivity contribution is 6.05. The van der Waals surface area contributed by atoms with Crippen LogP contribution in [0.15, 0.2) is 24.3 Å². The molecule has 0 radical (unpaired) electrons. The van der Waals surface area contributed by atoms with Crippen molar-refractivity contribution in [3.05, 3.63) is 41.3 Å². The smallest absolute Gasteiger partial charge is 0.263 e. The zero-order valence-corrected chi connectivity index (χ0v) is 9.94. The van der Waals surface area contributed by atoms with E-state index in [-0.39, 0.29) is 5.56 Å². The average molecular weight is 249 g/mol. The third-order valence-corrected chi connectivity index (χ3v) is 2.57. The molecule has 94 valence electrons. The van der Waals surface area contributed by atoms with Crippen molar-refractivity contribution < 1.29 is 14.3 Å². The maximum Gasteiger partial charge on any atom is 0.263 e. The van der Waals surface area contributed by atoms with Gasteiger partial charge in [0.05, 0.1) is 0 Å². The molecule has 5 nitrogen and oxygen atoms in total. The number of carbonyl (C=O) groups is 1. The number of benzene rings is 1. The molecule has 0 aliphatic heterocycles. The number of nitrogens with one attached hydrogen (secondary N) is 1. The maximum atomic E-state index is 13.4. The van der Waals surface area contributed by atoms with Crippen molar-refractivity contribution in [2.75, 3.05) is 5.32 Å². The van der Waals surface area contributed by atoms with E-state index in [2.05, 4.69) is 10.4 Å². The lowest BCUT2D eigenvalue weighted by molar-refractivity contribution is 0.102. The van der Waals surface area contributed by atoms with E-state index in [0.717, 1.165) is 11.8 Å². The first-order valence-corrected chi connectivity index (χ1v) is 5.28. The topological polar surface area (TPSA) is 67.2 Å². The third kappa shape index (κ3) is 2.17. The van der Waals surface area contributed by atoms with Crippen LogP contribution in [0.3, 0.4) is 0 Å².